The standard InChI is InChI=1S/C13H25NO2/c1-11-4-2-6-13(15,8-11)10-14-9-12-5-3-7-16-12/h11-12,14-15H,2-10H2,1H3. The largest absolute Gasteiger partial charge is 0.389 e. The predicted octanol–water partition coefficient (Wildman–Crippen LogP) is 1.70. The minimum Gasteiger partial charge on any atom is -0.389 e. The van der Waals surface area contributed by atoms with Crippen LogP contribution in [0, 0.1) is 5.92 Å². The Morgan fingerprint density at radius 1 is 1.38 bits per heavy atom. The van der Waals surface area contributed by atoms with Crippen LogP contribution in [0.1, 0.15) is 45.4 Å². The number of nitrogens with one attached hydrogen (secondary N) is 1. The minimum atomic E-state index is -0.462. The summed E-state index contributed by atoms with van der Waals surface area (Å²) in [5, 5.41) is 13.8. The Morgan fingerprint density at radius 3 is 2.94 bits per heavy atom. The second kappa shape index (κ2) is 5.48. The Labute approximate surface area is 98.6 Å². The Morgan fingerprint density at radius 2 is 2.25 bits per heavy atom. The van der Waals surface area contributed by atoms with Crippen LogP contribution in [0.25, 0.3) is 0 Å². The lowest BCUT2D eigenvalue weighted by Gasteiger charge is -2.36. The molecule has 3 heteroatoms. The van der Waals surface area contributed by atoms with Gasteiger partial charge < -0.3 is 15.2 Å². The summed E-state index contributed by atoms with van der Waals surface area (Å²) in [5.41, 5.74) is -0.462. The van der Waals surface area contributed by atoms with E-state index in [2.05, 4.69) is 12.2 Å². The molecule has 3 unspecified atom stereocenters. The molecule has 0 radical (unpaired) electrons. The molecule has 1 saturated carbocycles. The molecule has 1 saturated heterocycles. The maximum atomic E-state index is 10.4. The molecule has 2 rings (SSSR count). The highest BCUT2D eigenvalue weighted by atomic mass is 16.5. The van der Waals surface area contributed by atoms with Crippen molar-refractivity contribution in [3.05, 3.63) is 0 Å². The zero-order chi connectivity index (χ0) is 11.4. The Bertz CT molecular complexity index is 216. The third kappa shape index (κ3) is 3.44. The topological polar surface area (TPSA) is 41.5 Å². The maximum absolute atomic E-state index is 10.4. The zero-order valence-corrected chi connectivity index (χ0v) is 10.4. The molecule has 2 fully saturated rings. The molecular weight excluding hydrogens is 202 g/mol. The molecule has 0 amide bonds. The Balaban J connectivity index is 1.67. The number of rotatable bonds is 4. The van der Waals surface area contributed by atoms with Gasteiger partial charge in [0.1, 0.15) is 0 Å². The molecule has 1 heterocycles. The van der Waals surface area contributed by atoms with Crippen molar-refractivity contribution >= 4 is 0 Å². The van der Waals surface area contributed by atoms with Crippen molar-refractivity contribution in [2.45, 2.75) is 57.2 Å². The maximum Gasteiger partial charge on any atom is 0.0774 e. The van der Waals surface area contributed by atoms with Gasteiger partial charge in [-0.1, -0.05) is 19.8 Å². The van der Waals surface area contributed by atoms with Gasteiger partial charge in [-0.05, 0) is 31.6 Å². The third-order valence-electron chi connectivity index (χ3n) is 3.92. The third-order valence-corrected chi connectivity index (χ3v) is 3.92. The van der Waals surface area contributed by atoms with Crippen molar-refractivity contribution < 1.29 is 9.84 Å². The van der Waals surface area contributed by atoms with Crippen LogP contribution in [0.5, 0.6) is 0 Å². The molecule has 3 nitrogen and oxygen atoms in total. The lowest BCUT2D eigenvalue weighted by atomic mass is 9.79. The van der Waals surface area contributed by atoms with Crippen molar-refractivity contribution in [1.82, 2.24) is 5.32 Å². The average Bonchev–Trinajstić information content (AvgIpc) is 2.69. The Kier molecular flexibility index (Phi) is 4.22. The van der Waals surface area contributed by atoms with Crippen molar-refractivity contribution in [2.24, 2.45) is 5.92 Å². The lowest BCUT2D eigenvalue weighted by Crippen LogP contribution is -2.45. The molecule has 2 N–H and O–H groups in total. The van der Waals surface area contributed by atoms with Gasteiger partial charge in [0.05, 0.1) is 11.7 Å². The van der Waals surface area contributed by atoms with E-state index in [0.29, 0.717) is 12.0 Å². The second-order valence-corrected chi connectivity index (χ2v) is 5.69. The predicted molar refractivity (Wildman–Crippen MR) is 64.4 cm³/mol. The highest BCUT2D eigenvalue weighted by molar-refractivity contribution is 4.87. The summed E-state index contributed by atoms with van der Waals surface area (Å²) >= 11 is 0. The van der Waals surface area contributed by atoms with Gasteiger partial charge in [-0.3, -0.25) is 0 Å². The van der Waals surface area contributed by atoms with Gasteiger partial charge in [0.25, 0.3) is 0 Å². The van der Waals surface area contributed by atoms with E-state index in [1.165, 1.54) is 25.7 Å². The second-order valence-electron chi connectivity index (χ2n) is 5.69. The zero-order valence-electron chi connectivity index (χ0n) is 10.4. The molecule has 0 aromatic heterocycles. The highest BCUT2D eigenvalue weighted by Crippen LogP contribution is 2.31. The fourth-order valence-corrected chi connectivity index (χ4v) is 3.06. The molecule has 0 aromatic rings. The highest BCUT2D eigenvalue weighted by Gasteiger charge is 2.32. The van der Waals surface area contributed by atoms with E-state index >= 15 is 0 Å². The van der Waals surface area contributed by atoms with E-state index in [-0.39, 0.29) is 0 Å². The minimum absolute atomic E-state index is 0.379. The first-order valence-corrected chi connectivity index (χ1v) is 6.73. The van der Waals surface area contributed by atoms with Crippen LogP contribution < -0.4 is 5.32 Å². The molecule has 2 aliphatic rings. The molecular formula is C13H25NO2. The molecule has 1 aliphatic heterocycles. The van der Waals surface area contributed by atoms with E-state index < -0.39 is 5.60 Å². The fourth-order valence-electron chi connectivity index (χ4n) is 3.06. The van der Waals surface area contributed by atoms with E-state index in [1.807, 2.05) is 0 Å². The summed E-state index contributed by atoms with van der Waals surface area (Å²) in [6.07, 6.45) is 7.08. The molecule has 3 atom stereocenters. The van der Waals surface area contributed by atoms with E-state index in [0.717, 1.165) is 32.5 Å². The molecule has 94 valence electrons. The first-order valence-electron chi connectivity index (χ1n) is 6.73. The van der Waals surface area contributed by atoms with Crippen molar-refractivity contribution in [2.75, 3.05) is 19.7 Å². The fraction of sp³-hybridized carbons (Fsp3) is 1.00. The van der Waals surface area contributed by atoms with Crippen LogP contribution in [-0.2, 0) is 4.74 Å². The summed E-state index contributed by atoms with van der Waals surface area (Å²) in [5.74, 6) is 0.670. The first kappa shape index (κ1) is 12.3. The number of aliphatic hydroxyl groups is 1. The number of hydrogen-bond donors (Lipinski definition) is 2. The van der Waals surface area contributed by atoms with Gasteiger partial charge in [-0.25, -0.2) is 0 Å². The SMILES string of the molecule is CC1CCCC(O)(CNCC2CCCO2)C1. The van der Waals surface area contributed by atoms with Crippen LogP contribution in [0.15, 0.2) is 0 Å². The number of hydrogen-bond acceptors (Lipinski definition) is 3. The van der Waals surface area contributed by atoms with Crippen LogP contribution in [-0.4, -0.2) is 36.5 Å². The molecule has 0 spiro atoms. The number of ether oxygens (including phenoxy) is 1. The molecule has 16 heavy (non-hydrogen) atoms. The van der Waals surface area contributed by atoms with Crippen molar-refractivity contribution in [1.29, 1.82) is 0 Å². The first-order chi connectivity index (χ1) is 7.68. The van der Waals surface area contributed by atoms with Crippen LogP contribution in [0.4, 0.5) is 0 Å². The van der Waals surface area contributed by atoms with Crippen molar-refractivity contribution in [3.8, 4) is 0 Å². The smallest absolute Gasteiger partial charge is 0.0774 e. The van der Waals surface area contributed by atoms with Crippen LogP contribution in [0.3, 0.4) is 0 Å². The van der Waals surface area contributed by atoms with Gasteiger partial charge in [-0.15, -0.1) is 0 Å². The monoisotopic (exact) mass is 227 g/mol. The van der Waals surface area contributed by atoms with Crippen LogP contribution in [0.2, 0.25) is 0 Å². The van der Waals surface area contributed by atoms with Gasteiger partial charge in [-0.2, -0.15) is 0 Å². The van der Waals surface area contributed by atoms with E-state index in [9.17, 15) is 5.11 Å². The lowest BCUT2D eigenvalue weighted by molar-refractivity contribution is -0.0141. The average molecular weight is 227 g/mol. The van der Waals surface area contributed by atoms with Gasteiger partial charge in [0, 0.05) is 19.7 Å². The summed E-state index contributed by atoms with van der Waals surface area (Å²) < 4.78 is 5.55. The summed E-state index contributed by atoms with van der Waals surface area (Å²) in [6, 6.07) is 0. The Hall–Kier alpha value is -0.120. The van der Waals surface area contributed by atoms with Crippen molar-refractivity contribution in [3.63, 3.8) is 0 Å². The summed E-state index contributed by atoms with van der Waals surface area (Å²) in [7, 11) is 0. The van der Waals surface area contributed by atoms with Crippen LogP contribution >= 0.6 is 0 Å². The molecule has 1 aliphatic carbocycles. The normalized spacial score (nSPS) is 40.1. The van der Waals surface area contributed by atoms with E-state index in [1.54, 1.807) is 0 Å². The quantitative estimate of drug-likeness (QED) is 0.768. The van der Waals surface area contributed by atoms with E-state index in [4.69, 9.17) is 4.74 Å². The summed E-state index contributed by atoms with van der Waals surface area (Å²) in [4.78, 5) is 0. The van der Waals surface area contributed by atoms with Gasteiger partial charge in [0.15, 0.2) is 0 Å². The van der Waals surface area contributed by atoms with Gasteiger partial charge in [0.2, 0.25) is 0 Å². The van der Waals surface area contributed by atoms with Gasteiger partial charge >= 0.3 is 0 Å². The summed E-state index contributed by atoms with van der Waals surface area (Å²) in [6.45, 7) is 4.78. The molecule has 0 bridgehead atoms. The molecule has 0 aromatic carbocycles.